The molecule has 3 heteroatoms. The fourth-order valence-corrected chi connectivity index (χ4v) is 0. The summed E-state index contributed by atoms with van der Waals surface area (Å²) in [4.78, 5) is 0. The van der Waals surface area contributed by atoms with Crippen LogP contribution in [0.15, 0.2) is 0 Å². The first kappa shape index (κ1) is 10.8. The normalized spacial score (nSPS) is 8.25. The number of hydrogen-bond donors (Lipinski definition) is 3. The molecule has 0 aromatic carbocycles. The molecule has 3 N–H and O–H groups in total. The minimum atomic E-state index is -1.12. The van der Waals surface area contributed by atoms with E-state index in [0.717, 1.165) is 0 Å². The third kappa shape index (κ3) is 39.6. The summed E-state index contributed by atoms with van der Waals surface area (Å²) in [5, 5.41) is 18.6. The van der Waals surface area contributed by atoms with E-state index in [2.05, 4.69) is 5.32 Å². The molecule has 0 fully saturated rings. The van der Waals surface area contributed by atoms with E-state index in [9.17, 15) is 0 Å². The lowest BCUT2D eigenvalue weighted by atomic mass is 10.5. The Morgan fingerprint density at radius 2 is 1.50 bits per heavy atom. The first-order chi connectivity index (χ1) is 3.68. The summed E-state index contributed by atoms with van der Waals surface area (Å²) in [6.07, 6.45) is -0.699. The Hall–Kier alpha value is -0.120. The minimum absolute atomic E-state index is 0.417. The number of aliphatic hydroxyl groups excluding tert-OH is 1. The third-order valence-corrected chi connectivity index (χ3v) is 0.365. The summed E-state index contributed by atoms with van der Waals surface area (Å²) in [7, 11) is 3.75. The largest absolute Gasteiger partial charge is 0.368 e. The van der Waals surface area contributed by atoms with E-state index >= 15 is 0 Å². The first-order valence-electron chi connectivity index (χ1n) is 2.63. The van der Waals surface area contributed by atoms with Crippen molar-refractivity contribution < 1.29 is 10.2 Å². The summed E-state index contributed by atoms with van der Waals surface area (Å²) in [5.74, 6) is 0. The first-order valence-corrected chi connectivity index (χ1v) is 2.63. The minimum Gasteiger partial charge on any atom is -0.368 e. The van der Waals surface area contributed by atoms with Gasteiger partial charge in [0.2, 0.25) is 0 Å². The van der Waals surface area contributed by atoms with Gasteiger partial charge in [0.25, 0.3) is 0 Å². The molecule has 0 atom stereocenters. The highest BCUT2D eigenvalue weighted by Gasteiger charge is 1.83. The van der Waals surface area contributed by atoms with Gasteiger partial charge in [0, 0.05) is 0 Å². The second-order valence-electron chi connectivity index (χ2n) is 1.39. The summed E-state index contributed by atoms with van der Waals surface area (Å²) >= 11 is 0. The Morgan fingerprint density at radius 3 is 1.50 bits per heavy atom. The van der Waals surface area contributed by atoms with Crippen LogP contribution in [0.2, 0.25) is 0 Å². The van der Waals surface area contributed by atoms with Crippen LogP contribution in [-0.4, -0.2) is 30.6 Å². The molecule has 0 amide bonds. The van der Waals surface area contributed by atoms with E-state index in [1.54, 1.807) is 6.92 Å². The van der Waals surface area contributed by atoms with Gasteiger partial charge in [0.1, 0.15) is 0 Å². The number of rotatable bonds is 1. The molecule has 0 rings (SSSR count). The predicted octanol–water partition coefficient (Wildman–Crippen LogP) is -0.457. The smallest absolute Gasteiger partial charge is 0.151 e. The van der Waals surface area contributed by atoms with Crippen LogP contribution in [0.25, 0.3) is 0 Å². The Kier molecular flexibility index (Phi) is 13.5. The summed E-state index contributed by atoms with van der Waals surface area (Å²) in [6.45, 7) is 1.70. The molecule has 0 unspecified atom stereocenters. The SMILES string of the molecule is CCC(O)O.CNC. The number of nitrogens with one attached hydrogen (secondary N) is 1. The van der Waals surface area contributed by atoms with E-state index < -0.39 is 6.29 Å². The monoisotopic (exact) mass is 121 g/mol. The molecule has 0 aromatic rings. The average Bonchev–Trinajstić information content (AvgIpc) is 1.69. The van der Waals surface area contributed by atoms with Gasteiger partial charge in [-0.25, -0.2) is 0 Å². The van der Waals surface area contributed by atoms with Crippen LogP contribution < -0.4 is 5.32 Å². The van der Waals surface area contributed by atoms with Gasteiger partial charge in [-0.05, 0) is 20.5 Å². The van der Waals surface area contributed by atoms with Gasteiger partial charge >= 0.3 is 0 Å². The molecule has 8 heavy (non-hydrogen) atoms. The molecular formula is C5H15NO2. The van der Waals surface area contributed by atoms with Crippen LogP contribution in [0.5, 0.6) is 0 Å². The maximum atomic E-state index is 7.92. The van der Waals surface area contributed by atoms with Crippen molar-refractivity contribution in [1.82, 2.24) is 5.32 Å². The molecule has 0 bridgehead atoms. The fraction of sp³-hybridized carbons (Fsp3) is 1.00. The number of hydrogen-bond acceptors (Lipinski definition) is 3. The van der Waals surface area contributed by atoms with Crippen LogP contribution in [-0.2, 0) is 0 Å². The lowest BCUT2D eigenvalue weighted by Crippen LogP contribution is -1.99. The van der Waals surface area contributed by atoms with E-state index in [0.29, 0.717) is 6.42 Å². The Labute approximate surface area is 50.3 Å². The quantitative estimate of drug-likeness (QED) is 0.412. The molecule has 52 valence electrons. The van der Waals surface area contributed by atoms with Crippen molar-refractivity contribution in [3.05, 3.63) is 0 Å². The van der Waals surface area contributed by atoms with Crippen molar-refractivity contribution in [2.75, 3.05) is 14.1 Å². The molecule has 0 heterocycles. The fourth-order valence-electron chi connectivity index (χ4n) is 0. The van der Waals surface area contributed by atoms with Crippen LogP contribution >= 0.6 is 0 Å². The molecular weight excluding hydrogens is 106 g/mol. The highest BCUT2D eigenvalue weighted by Crippen LogP contribution is 1.77. The lowest BCUT2D eigenvalue weighted by molar-refractivity contribution is -0.0413. The summed E-state index contributed by atoms with van der Waals surface area (Å²) in [6, 6.07) is 0. The maximum Gasteiger partial charge on any atom is 0.151 e. The van der Waals surface area contributed by atoms with E-state index in [-0.39, 0.29) is 0 Å². The highest BCUT2D eigenvalue weighted by molar-refractivity contribution is 4.21. The second-order valence-corrected chi connectivity index (χ2v) is 1.39. The zero-order valence-corrected chi connectivity index (χ0v) is 5.68. The molecule has 0 saturated heterocycles. The van der Waals surface area contributed by atoms with E-state index in [4.69, 9.17) is 10.2 Å². The van der Waals surface area contributed by atoms with Gasteiger partial charge < -0.3 is 15.5 Å². The maximum absolute atomic E-state index is 7.92. The molecule has 0 spiro atoms. The number of aliphatic hydroxyl groups is 2. The van der Waals surface area contributed by atoms with Gasteiger partial charge in [0.05, 0.1) is 0 Å². The van der Waals surface area contributed by atoms with E-state index in [1.807, 2.05) is 14.1 Å². The molecule has 3 nitrogen and oxygen atoms in total. The molecule has 0 aliphatic rings. The van der Waals surface area contributed by atoms with Crippen molar-refractivity contribution in [2.24, 2.45) is 0 Å². The van der Waals surface area contributed by atoms with Crippen molar-refractivity contribution in [3.8, 4) is 0 Å². The molecule has 0 saturated carbocycles. The van der Waals surface area contributed by atoms with Crippen molar-refractivity contribution in [2.45, 2.75) is 19.6 Å². The van der Waals surface area contributed by atoms with Crippen LogP contribution in [0.3, 0.4) is 0 Å². The Bertz CT molecular complexity index is 31.6. The summed E-state index contributed by atoms with van der Waals surface area (Å²) < 4.78 is 0. The highest BCUT2D eigenvalue weighted by atomic mass is 16.5. The third-order valence-electron chi connectivity index (χ3n) is 0.365. The lowest BCUT2D eigenvalue weighted by Gasteiger charge is -1.90. The van der Waals surface area contributed by atoms with Gasteiger partial charge in [-0.2, -0.15) is 0 Å². The zero-order valence-electron chi connectivity index (χ0n) is 5.68. The Morgan fingerprint density at radius 1 is 1.38 bits per heavy atom. The van der Waals surface area contributed by atoms with Crippen molar-refractivity contribution in [3.63, 3.8) is 0 Å². The summed E-state index contributed by atoms with van der Waals surface area (Å²) in [5.41, 5.74) is 0. The average molecular weight is 121 g/mol. The van der Waals surface area contributed by atoms with Gasteiger partial charge in [-0.1, -0.05) is 6.92 Å². The molecule has 0 aliphatic heterocycles. The predicted molar refractivity (Wildman–Crippen MR) is 33.5 cm³/mol. The molecule has 0 radical (unpaired) electrons. The van der Waals surface area contributed by atoms with Crippen LogP contribution in [0.1, 0.15) is 13.3 Å². The topological polar surface area (TPSA) is 52.5 Å². The van der Waals surface area contributed by atoms with Crippen LogP contribution in [0, 0.1) is 0 Å². The van der Waals surface area contributed by atoms with Gasteiger partial charge in [-0.15, -0.1) is 0 Å². The van der Waals surface area contributed by atoms with Crippen molar-refractivity contribution in [1.29, 1.82) is 0 Å². The van der Waals surface area contributed by atoms with Crippen LogP contribution in [0.4, 0.5) is 0 Å². The van der Waals surface area contributed by atoms with Gasteiger partial charge in [-0.3, -0.25) is 0 Å². The van der Waals surface area contributed by atoms with E-state index in [1.165, 1.54) is 0 Å². The Balaban J connectivity index is 0. The van der Waals surface area contributed by atoms with Crippen molar-refractivity contribution >= 4 is 0 Å². The van der Waals surface area contributed by atoms with Gasteiger partial charge in [0.15, 0.2) is 6.29 Å². The standard InChI is InChI=1S/C3H8O2.C2H7N/c1-2-3(4)5;1-3-2/h3-5H,2H2,1H3;3H,1-2H3. The zero-order chi connectivity index (χ0) is 6.99. The molecule has 0 aliphatic carbocycles. The molecule has 0 aromatic heterocycles. The second kappa shape index (κ2) is 9.99.